The minimum Gasteiger partial charge on any atom is -0.355 e. The molecule has 1 amide bonds. The molecule has 0 aliphatic rings. The van der Waals surface area contributed by atoms with Crippen molar-refractivity contribution in [3.05, 3.63) is 33.8 Å². The summed E-state index contributed by atoms with van der Waals surface area (Å²) < 4.78 is 0. The molecule has 0 aliphatic heterocycles. The van der Waals surface area contributed by atoms with Crippen LogP contribution in [0.5, 0.6) is 0 Å². The first-order valence-electron chi connectivity index (χ1n) is 5.16. The number of hydrogen-bond donors (Lipinski definition) is 1. The molecule has 1 rings (SSSR count). The van der Waals surface area contributed by atoms with E-state index in [1.807, 2.05) is 12.1 Å². The zero-order chi connectivity index (χ0) is 12.8. The van der Waals surface area contributed by atoms with E-state index in [0.717, 1.165) is 5.56 Å². The molecule has 0 spiro atoms. The topological polar surface area (TPSA) is 52.9 Å². The van der Waals surface area contributed by atoms with Crippen molar-refractivity contribution in [1.82, 2.24) is 5.32 Å². The smallest absolute Gasteiger partial charge is 0.237 e. The predicted octanol–water partition coefficient (Wildman–Crippen LogP) is 2.81. The van der Waals surface area contributed by atoms with Crippen molar-refractivity contribution >= 4 is 29.1 Å². The summed E-state index contributed by atoms with van der Waals surface area (Å²) in [4.78, 5) is 11.3. The van der Waals surface area contributed by atoms with E-state index in [-0.39, 0.29) is 5.91 Å². The lowest BCUT2D eigenvalue weighted by molar-refractivity contribution is -0.122. The number of rotatable bonds is 4. The van der Waals surface area contributed by atoms with Gasteiger partial charge in [-0.05, 0) is 31.0 Å². The van der Waals surface area contributed by atoms with Gasteiger partial charge in [0, 0.05) is 16.6 Å². The Morgan fingerprint density at radius 1 is 1.53 bits per heavy atom. The number of nitriles is 1. The van der Waals surface area contributed by atoms with Gasteiger partial charge in [0.05, 0.1) is 6.07 Å². The third kappa shape index (κ3) is 4.26. The monoisotopic (exact) mass is 270 g/mol. The van der Waals surface area contributed by atoms with Crippen LogP contribution in [-0.2, 0) is 11.2 Å². The first-order chi connectivity index (χ1) is 8.04. The fourth-order valence-electron chi connectivity index (χ4n) is 1.26. The molecule has 1 unspecified atom stereocenters. The highest BCUT2D eigenvalue weighted by molar-refractivity contribution is 6.35. The Hall–Kier alpha value is -1.24. The minimum absolute atomic E-state index is 0.266. The number of amides is 1. The zero-order valence-electron chi connectivity index (χ0n) is 9.34. The van der Waals surface area contributed by atoms with E-state index in [9.17, 15) is 4.79 Å². The van der Waals surface area contributed by atoms with E-state index in [1.165, 1.54) is 0 Å². The van der Waals surface area contributed by atoms with Crippen molar-refractivity contribution in [2.24, 2.45) is 5.92 Å². The molecule has 0 saturated carbocycles. The standard InChI is InChI=1S/C12H12Cl2N2O/c1-8(7-15)12(17)16-5-4-9-2-3-10(13)6-11(9)14/h2-3,6,8H,4-5H2,1H3,(H,16,17). The van der Waals surface area contributed by atoms with Gasteiger partial charge in [0.15, 0.2) is 0 Å². The van der Waals surface area contributed by atoms with Gasteiger partial charge in [0.25, 0.3) is 0 Å². The quantitative estimate of drug-likeness (QED) is 0.915. The molecule has 1 aromatic carbocycles. The van der Waals surface area contributed by atoms with Gasteiger partial charge in [-0.3, -0.25) is 4.79 Å². The first-order valence-corrected chi connectivity index (χ1v) is 5.91. The number of halogens is 2. The van der Waals surface area contributed by atoms with E-state index in [0.29, 0.717) is 23.0 Å². The van der Waals surface area contributed by atoms with Crippen molar-refractivity contribution in [3.8, 4) is 6.07 Å². The van der Waals surface area contributed by atoms with E-state index < -0.39 is 5.92 Å². The number of benzene rings is 1. The molecular weight excluding hydrogens is 259 g/mol. The Kier molecular flexibility index (Phi) is 5.27. The van der Waals surface area contributed by atoms with E-state index in [2.05, 4.69) is 5.32 Å². The maximum Gasteiger partial charge on any atom is 0.237 e. The molecule has 0 saturated heterocycles. The summed E-state index contributed by atoms with van der Waals surface area (Å²) in [5.41, 5.74) is 0.918. The van der Waals surface area contributed by atoms with E-state index >= 15 is 0 Å². The first kappa shape index (κ1) is 13.8. The number of hydrogen-bond acceptors (Lipinski definition) is 2. The van der Waals surface area contributed by atoms with Gasteiger partial charge in [-0.25, -0.2) is 0 Å². The van der Waals surface area contributed by atoms with Gasteiger partial charge >= 0.3 is 0 Å². The molecule has 5 heteroatoms. The second-order valence-electron chi connectivity index (χ2n) is 3.63. The molecule has 0 heterocycles. The summed E-state index contributed by atoms with van der Waals surface area (Å²) in [6.45, 7) is 2.01. The van der Waals surface area contributed by atoms with Crippen LogP contribution in [0.3, 0.4) is 0 Å². The van der Waals surface area contributed by atoms with Crippen LogP contribution in [0.25, 0.3) is 0 Å². The fourth-order valence-corrected chi connectivity index (χ4v) is 1.76. The van der Waals surface area contributed by atoms with Gasteiger partial charge in [-0.1, -0.05) is 29.3 Å². The van der Waals surface area contributed by atoms with Crippen LogP contribution in [-0.4, -0.2) is 12.5 Å². The lowest BCUT2D eigenvalue weighted by Crippen LogP contribution is -2.30. The average Bonchev–Trinajstić information content (AvgIpc) is 2.30. The van der Waals surface area contributed by atoms with Crippen molar-refractivity contribution in [1.29, 1.82) is 5.26 Å². The molecule has 90 valence electrons. The number of carbonyl (C=O) groups is 1. The summed E-state index contributed by atoms with van der Waals surface area (Å²) >= 11 is 11.8. The Balaban J connectivity index is 2.47. The molecule has 1 aromatic rings. The number of carbonyl (C=O) groups excluding carboxylic acids is 1. The number of nitrogens with zero attached hydrogens (tertiary/aromatic N) is 1. The molecule has 17 heavy (non-hydrogen) atoms. The van der Waals surface area contributed by atoms with Gasteiger partial charge in [0.2, 0.25) is 5.91 Å². The van der Waals surface area contributed by atoms with Crippen molar-refractivity contribution in [2.75, 3.05) is 6.54 Å². The second kappa shape index (κ2) is 6.48. The highest BCUT2D eigenvalue weighted by atomic mass is 35.5. The highest BCUT2D eigenvalue weighted by Gasteiger charge is 2.10. The van der Waals surface area contributed by atoms with Crippen LogP contribution in [0.2, 0.25) is 10.0 Å². The second-order valence-corrected chi connectivity index (χ2v) is 4.47. The van der Waals surface area contributed by atoms with Crippen molar-refractivity contribution in [3.63, 3.8) is 0 Å². The third-order valence-corrected chi connectivity index (χ3v) is 2.88. The average molecular weight is 271 g/mol. The zero-order valence-corrected chi connectivity index (χ0v) is 10.8. The summed E-state index contributed by atoms with van der Waals surface area (Å²) in [5.74, 6) is -0.895. The van der Waals surface area contributed by atoms with Gasteiger partial charge in [-0.2, -0.15) is 5.26 Å². The maximum atomic E-state index is 11.3. The molecule has 1 atom stereocenters. The normalized spacial score (nSPS) is 11.6. The molecule has 3 nitrogen and oxygen atoms in total. The predicted molar refractivity (Wildman–Crippen MR) is 68.0 cm³/mol. The van der Waals surface area contributed by atoms with Crippen LogP contribution in [0.15, 0.2) is 18.2 Å². The third-order valence-electron chi connectivity index (χ3n) is 2.30. The summed E-state index contributed by atoms with van der Waals surface area (Å²) in [6.07, 6.45) is 0.611. The SMILES string of the molecule is CC(C#N)C(=O)NCCc1ccc(Cl)cc1Cl. The van der Waals surface area contributed by atoms with Crippen LogP contribution >= 0.6 is 23.2 Å². The molecular formula is C12H12Cl2N2O. The van der Waals surface area contributed by atoms with Crippen LogP contribution in [0, 0.1) is 17.2 Å². The van der Waals surface area contributed by atoms with E-state index in [1.54, 1.807) is 19.1 Å². The Morgan fingerprint density at radius 3 is 2.82 bits per heavy atom. The van der Waals surface area contributed by atoms with Gasteiger partial charge in [-0.15, -0.1) is 0 Å². The lowest BCUT2D eigenvalue weighted by atomic mass is 10.1. The fraction of sp³-hybridized carbons (Fsp3) is 0.333. The highest BCUT2D eigenvalue weighted by Crippen LogP contribution is 2.20. The minimum atomic E-state index is -0.629. The van der Waals surface area contributed by atoms with Gasteiger partial charge in [0.1, 0.15) is 5.92 Å². The summed E-state index contributed by atoms with van der Waals surface area (Å²) in [5, 5.41) is 12.4. The molecule has 0 fully saturated rings. The molecule has 0 radical (unpaired) electrons. The molecule has 0 aromatic heterocycles. The molecule has 0 aliphatic carbocycles. The van der Waals surface area contributed by atoms with Gasteiger partial charge < -0.3 is 5.32 Å². The van der Waals surface area contributed by atoms with E-state index in [4.69, 9.17) is 28.5 Å². The Labute approximate surface area is 110 Å². The van der Waals surface area contributed by atoms with Crippen molar-refractivity contribution < 1.29 is 4.79 Å². The number of nitrogens with one attached hydrogen (secondary N) is 1. The largest absolute Gasteiger partial charge is 0.355 e. The van der Waals surface area contributed by atoms with Crippen LogP contribution in [0.4, 0.5) is 0 Å². The summed E-state index contributed by atoms with van der Waals surface area (Å²) in [6, 6.07) is 7.12. The summed E-state index contributed by atoms with van der Waals surface area (Å²) in [7, 11) is 0. The molecule has 1 N–H and O–H groups in total. The molecule has 0 bridgehead atoms. The maximum absolute atomic E-state index is 11.3. The van der Waals surface area contributed by atoms with Crippen LogP contribution < -0.4 is 5.32 Å². The van der Waals surface area contributed by atoms with Crippen LogP contribution in [0.1, 0.15) is 12.5 Å². The van der Waals surface area contributed by atoms with Crippen molar-refractivity contribution in [2.45, 2.75) is 13.3 Å². The Morgan fingerprint density at radius 2 is 2.24 bits per heavy atom. The Bertz CT molecular complexity index is 454. The lowest BCUT2D eigenvalue weighted by Gasteiger charge is -2.07.